The van der Waals surface area contributed by atoms with Gasteiger partial charge in [-0.15, -0.1) is 0 Å². The lowest BCUT2D eigenvalue weighted by Crippen LogP contribution is -2.11. The third-order valence-corrected chi connectivity index (χ3v) is 5.51. The van der Waals surface area contributed by atoms with E-state index >= 15 is 0 Å². The molecule has 146 valence electrons. The number of hydrogen-bond acceptors (Lipinski definition) is 5. The second-order valence-corrected chi connectivity index (χ2v) is 7.88. The Kier molecular flexibility index (Phi) is 5.29. The number of methoxy groups -OCH3 is 1. The number of rotatable bonds is 4. The van der Waals surface area contributed by atoms with Crippen LogP contribution in [0.5, 0.6) is 11.5 Å². The fraction of sp³-hybridized carbons (Fsp3) is 0.0476. The molecule has 0 aliphatic rings. The molecule has 1 heterocycles. The topological polar surface area (TPSA) is 84.6 Å². The Morgan fingerprint density at radius 1 is 1.07 bits per heavy atom. The van der Waals surface area contributed by atoms with Gasteiger partial charge in [0.15, 0.2) is 5.58 Å². The van der Waals surface area contributed by atoms with Gasteiger partial charge in [0.1, 0.15) is 17.0 Å². The first-order valence-electron chi connectivity index (χ1n) is 8.49. The molecule has 0 fully saturated rings. The zero-order chi connectivity index (χ0) is 20.5. The molecule has 2 N–H and O–H groups in total. The minimum Gasteiger partial charge on any atom is -0.507 e. The second kappa shape index (κ2) is 7.88. The Morgan fingerprint density at radius 3 is 2.62 bits per heavy atom. The first-order valence-corrected chi connectivity index (χ1v) is 10.1. The number of aromatic hydroxyl groups is 1. The van der Waals surface area contributed by atoms with Crippen LogP contribution in [0.3, 0.4) is 0 Å². The number of fused-ring (bicyclic) bond motifs is 1. The monoisotopic (exact) mass is 516 g/mol. The fourth-order valence-electron chi connectivity index (χ4n) is 2.78. The molecule has 4 aromatic rings. The molecule has 0 saturated carbocycles. The Bertz CT molecular complexity index is 1240. The number of amides is 1. The Labute approximate surface area is 182 Å². The van der Waals surface area contributed by atoms with Gasteiger partial charge in [-0.3, -0.25) is 4.79 Å². The number of anilines is 1. The maximum atomic E-state index is 12.6. The van der Waals surface area contributed by atoms with E-state index in [-0.39, 0.29) is 11.7 Å². The van der Waals surface area contributed by atoms with Crippen LogP contribution < -0.4 is 10.1 Å². The first-order chi connectivity index (χ1) is 13.9. The van der Waals surface area contributed by atoms with Crippen molar-refractivity contribution in [3.05, 3.63) is 69.1 Å². The number of phenolic OH excluding ortho intramolecular Hbond substituents is 1. The highest BCUT2D eigenvalue weighted by atomic mass is 79.9. The first kappa shape index (κ1) is 19.5. The van der Waals surface area contributed by atoms with Crippen LogP contribution >= 0.6 is 31.9 Å². The standard InChI is InChI=1S/C21H14Br2N2O4/c1-28-18-6-3-11(8-15(18)23)20(27)24-13-4-7-19-16(10-13)25-21(29-19)12-2-5-17(26)14(22)9-12/h2-10,26H,1H3,(H,24,27). The summed E-state index contributed by atoms with van der Waals surface area (Å²) in [6, 6.07) is 15.4. The molecular formula is C21H14Br2N2O4. The molecular weight excluding hydrogens is 504 g/mol. The number of ether oxygens (including phenoxy) is 1. The van der Waals surface area contributed by atoms with Crippen molar-refractivity contribution >= 4 is 54.6 Å². The number of hydrogen-bond donors (Lipinski definition) is 2. The van der Waals surface area contributed by atoms with Crippen molar-refractivity contribution in [1.82, 2.24) is 4.98 Å². The SMILES string of the molecule is COc1ccc(C(=O)Nc2ccc3oc(-c4ccc(O)c(Br)c4)nc3c2)cc1Br. The number of carbonyl (C=O) groups excluding carboxylic acids is 1. The van der Waals surface area contributed by atoms with Crippen LogP contribution in [0.15, 0.2) is 68.0 Å². The summed E-state index contributed by atoms with van der Waals surface area (Å²) in [5.74, 6) is 0.959. The van der Waals surface area contributed by atoms with Gasteiger partial charge < -0.3 is 19.6 Å². The van der Waals surface area contributed by atoms with Crippen molar-refractivity contribution in [2.24, 2.45) is 0 Å². The van der Waals surface area contributed by atoms with Crippen molar-refractivity contribution in [1.29, 1.82) is 0 Å². The molecule has 29 heavy (non-hydrogen) atoms. The van der Waals surface area contributed by atoms with Gasteiger partial charge in [-0.25, -0.2) is 4.98 Å². The van der Waals surface area contributed by atoms with Gasteiger partial charge in [0.2, 0.25) is 5.89 Å². The van der Waals surface area contributed by atoms with Gasteiger partial charge >= 0.3 is 0 Å². The molecule has 0 spiro atoms. The molecule has 0 bridgehead atoms. The van der Waals surface area contributed by atoms with Crippen LogP contribution in [0.25, 0.3) is 22.6 Å². The quantitative estimate of drug-likeness (QED) is 0.347. The van der Waals surface area contributed by atoms with E-state index in [1.807, 2.05) is 0 Å². The van der Waals surface area contributed by atoms with Crippen molar-refractivity contribution in [3.8, 4) is 23.0 Å². The molecule has 6 nitrogen and oxygen atoms in total. The zero-order valence-electron chi connectivity index (χ0n) is 15.1. The number of nitrogens with zero attached hydrogens (tertiary/aromatic N) is 1. The maximum Gasteiger partial charge on any atom is 0.255 e. The number of oxazole rings is 1. The lowest BCUT2D eigenvalue weighted by Gasteiger charge is -2.07. The molecule has 1 aromatic heterocycles. The molecule has 4 rings (SSSR count). The van der Waals surface area contributed by atoms with Crippen LogP contribution in [-0.4, -0.2) is 23.1 Å². The maximum absolute atomic E-state index is 12.6. The van der Waals surface area contributed by atoms with E-state index in [1.54, 1.807) is 61.7 Å². The highest BCUT2D eigenvalue weighted by Gasteiger charge is 2.13. The van der Waals surface area contributed by atoms with Gasteiger partial charge in [0.25, 0.3) is 5.91 Å². The van der Waals surface area contributed by atoms with Crippen molar-refractivity contribution in [3.63, 3.8) is 0 Å². The summed E-state index contributed by atoms with van der Waals surface area (Å²) in [6.45, 7) is 0. The molecule has 3 aromatic carbocycles. The summed E-state index contributed by atoms with van der Waals surface area (Å²) in [5, 5.41) is 12.5. The van der Waals surface area contributed by atoms with E-state index in [4.69, 9.17) is 9.15 Å². The van der Waals surface area contributed by atoms with Crippen molar-refractivity contribution < 1.29 is 19.1 Å². The van der Waals surface area contributed by atoms with Gasteiger partial charge in [0.05, 0.1) is 16.1 Å². The number of aromatic nitrogens is 1. The van der Waals surface area contributed by atoms with Gasteiger partial charge in [-0.05, 0) is 86.5 Å². The number of benzene rings is 3. The average molecular weight is 518 g/mol. The highest BCUT2D eigenvalue weighted by Crippen LogP contribution is 2.32. The van der Waals surface area contributed by atoms with Crippen molar-refractivity contribution in [2.45, 2.75) is 0 Å². The van der Waals surface area contributed by atoms with E-state index in [2.05, 4.69) is 42.2 Å². The summed E-state index contributed by atoms with van der Waals surface area (Å²) in [6.07, 6.45) is 0. The van der Waals surface area contributed by atoms with E-state index in [1.165, 1.54) is 0 Å². The molecule has 0 aliphatic heterocycles. The molecule has 0 saturated heterocycles. The molecule has 1 amide bonds. The van der Waals surface area contributed by atoms with Gasteiger partial charge in [0, 0.05) is 16.8 Å². The van der Waals surface area contributed by atoms with E-state index in [9.17, 15) is 9.90 Å². The van der Waals surface area contributed by atoms with E-state index in [0.717, 1.165) is 5.56 Å². The number of halogens is 2. The number of phenols is 1. The van der Waals surface area contributed by atoms with Crippen molar-refractivity contribution in [2.75, 3.05) is 12.4 Å². The smallest absolute Gasteiger partial charge is 0.255 e. The van der Waals surface area contributed by atoms with E-state index < -0.39 is 0 Å². The molecule has 0 atom stereocenters. The zero-order valence-corrected chi connectivity index (χ0v) is 18.2. The lowest BCUT2D eigenvalue weighted by molar-refractivity contribution is 0.102. The van der Waals surface area contributed by atoms with Gasteiger partial charge in [-0.1, -0.05) is 0 Å². The Hall–Kier alpha value is -2.84. The minimum atomic E-state index is -0.251. The summed E-state index contributed by atoms with van der Waals surface area (Å²) < 4.78 is 12.2. The Balaban J connectivity index is 1.59. The average Bonchev–Trinajstić information content (AvgIpc) is 3.13. The summed E-state index contributed by atoms with van der Waals surface area (Å²) in [4.78, 5) is 17.0. The third-order valence-electron chi connectivity index (χ3n) is 4.25. The number of carbonyl (C=O) groups is 1. The number of nitrogens with one attached hydrogen (secondary N) is 1. The van der Waals surface area contributed by atoms with Crippen LogP contribution in [0, 0.1) is 0 Å². The predicted molar refractivity (Wildman–Crippen MR) is 117 cm³/mol. The van der Waals surface area contributed by atoms with Gasteiger partial charge in [-0.2, -0.15) is 0 Å². The van der Waals surface area contributed by atoms with Crippen LogP contribution in [0.1, 0.15) is 10.4 Å². The summed E-state index contributed by atoms with van der Waals surface area (Å²) in [7, 11) is 1.57. The van der Waals surface area contributed by atoms with Crippen LogP contribution in [0.2, 0.25) is 0 Å². The summed E-state index contributed by atoms with van der Waals surface area (Å²) in [5.41, 5.74) is 3.01. The fourth-order valence-corrected chi connectivity index (χ4v) is 3.70. The third kappa shape index (κ3) is 3.99. The normalized spacial score (nSPS) is 10.9. The summed E-state index contributed by atoms with van der Waals surface area (Å²) >= 11 is 6.67. The molecule has 0 aliphatic carbocycles. The van der Waals surface area contributed by atoms with E-state index in [0.29, 0.717) is 42.9 Å². The lowest BCUT2D eigenvalue weighted by atomic mass is 10.2. The predicted octanol–water partition coefficient (Wildman–Crippen LogP) is 5.99. The largest absolute Gasteiger partial charge is 0.507 e. The molecule has 8 heteroatoms. The minimum absolute atomic E-state index is 0.139. The highest BCUT2D eigenvalue weighted by molar-refractivity contribution is 9.10. The second-order valence-electron chi connectivity index (χ2n) is 6.17. The molecule has 0 unspecified atom stereocenters. The van der Waals surface area contributed by atoms with Crippen LogP contribution in [-0.2, 0) is 0 Å². The molecule has 0 radical (unpaired) electrons. The van der Waals surface area contributed by atoms with Crippen LogP contribution in [0.4, 0.5) is 5.69 Å². The Morgan fingerprint density at radius 2 is 1.90 bits per heavy atom.